The molecule has 6 nitrogen and oxygen atoms in total. The van der Waals surface area contributed by atoms with Crippen LogP contribution in [0.15, 0.2) is 36.4 Å². The fraction of sp³-hybridized carbons (Fsp3) is 0.316. The van der Waals surface area contributed by atoms with Crippen LogP contribution in [0.3, 0.4) is 0 Å². The van der Waals surface area contributed by atoms with Crippen molar-refractivity contribution in [2.45, 2.75) is 20.8 Å². The lowest BCUT2D eigenvalue weighted by atomic mass is 10.2. The van der Waals surface area contributed by atoms with Crippen molar-refractivity contribution in [1.29, 1.82) is 0 Å². The number of hydrogen-bond donors (Lipinski definition) is 0. The Morgan fingerprint density at radius 2 is 1.92 bits per heavy atom. The molecule has 2 rings (SSSR count). The lowest BCUT2D eigenvalue weighted by molar-refractivity contribution is -0.142. The Morgan fingerprint density at radius 1 is 1.24 bits per heavy atom. The van der Waals surface area contributed by atoms with E-state index in [0.717, 1.165) is 22.6 Å². The van der Waals surface area contributed by atoms with Gasteiger partial charge in [0.1, 0.15) is 0 Å². The molecule has 1 aromatic carbocycles. The van der Waals surface area contributed by atoms with Gasteiger partial charge in [0.05, 0.1) is 5.69 Å². The van der Waals surface area contributed by atoms with Gasteiger partial charge in [0.2, 0.25) is 0 Å². The smallest absolute Gasteiger partial charge is 0.331 e. The molecule has 0 spiro atoms. The quantitative estimate of drug-likeness (QED) is 0.598. The molecule has 0 atom stereocenters. The number of carbonyl (C=O) groups is 2. The number of aromatic nitrogens is 2. The molecule has 25 heavy (non-hydrogen) atoms. The minimum Gasteiger partial charge on any atom is -0.452 e. The van der Waals surface area contributed by atoms with Gasteiger partial charge < -0.3 is 9.64 Å². The lowest BCUT2D eigenvalue weighted by Crippen LogP contribution is -2.34. The summed E-state index contributed by atoms with van der Waals surface area (Å²) in [6.07, 6.45) is 2.99. The highest BCUT2D eigenvalue weighted by atomic mass is 16.5. The number of amides is 1. The number of nitrogens with zero attached hydrogens (tertiary/aromatic N) is 3. The summed E-state index contributed by atoms with van der Waals surface area (Å²) in [5.74, 6) is -0.815. The number of rotatable bonds is 6. The zero-order valence-electron chi connectivity index (χ0n) is 15.0. The van der Waals surface area contributed by atoms with Gasteiger partial charge in [0, 0.05) is 36.6 Å². The van der Waals surface area contributed by atoms with Crippen LogP contribution in [0.5, 0.6) is 0 Å². The number of likely N-dealkylation sites (N-methyl/N-ethyl adjacent to an activating group) is 1. The van der Waals surface area contributed by atoms with Gasteiger partial charge in [0.15, 0.2) is 6.61 Å². The second-order valence-electron chi connectivity index (χ2n) is 5.62. The van der Waals surface area contributed by atoms with E-state index in [1.165, 1.54) is 6.08 Å². The van der Waals surface area contributed by atoms with E-state index in [9.17, 15) is 9.59 Å². The number of aryl methyl sites for hydroxylation is 2. The third kappa shape index (κ3) is 4.56. The van der Waals surface area contributed by atoms with E-state index >= 15 is 0 Å². The van der Waals surface area contributed by atoms with Crippen molar-refractivity contribution in [3.05, 3.63) is 53.4 Å². The molecule has 0 saturated heterocycles. The number of benzene rings is 1. The first kappa shape index (κ1) is 18.4. The van der Waals surface area contributed by atoms with Gasteiger partial charge in [-0.3, -0.25) is 9.48 Å². The molecule has 0 fully saturated rings. The molecule has 0 bridgehead atoms. The summed E-state index contributed by atoms with van der Waals surface area (Å²) in [5.41, 5.74) is 3.45. The fourth-order valence-electron chi connectivity index (χ4n) is 2.55. The molecule has 0 radical (unpaired) electrons. The second-order valence-corrected chi connectivity index (χ2v) is 5.62. The summed E-state index contributed by atoms with van der Waals surface area (Å²) >= 11 is 0. The first-order valence-electron chi connectivity index (χ1n) is 8.14. The molecule has 1 aromatic heterocycles. The Hall–Kier alpha value is -2.89. The maximum atomic E-state index is 12.3. The normalized spacial score (nSPS) is 10.9. The summed E-state index contributed by atoms with van der Waals surface area (Å²) in [6, 6.07) is 9.29. The van der Waals surface area contributed by atoms with Crippen LogP contribution in [0.2, 0.25) is 0 Å². The van der Waals surface area contributed by atoms with Crippen molar-refractivity contribution in [3.8, 4) is 0 Å². The molecule has 132 valence electrons. The molecule has 0 unspecified atom stereocenters. The molecule has 0 aliphatic carbocycles. The molecule has 6 heteroatoms. The van der Waals surface area contributed by atoms with Crippen LogP contribution < -0.4 is 4.90 Å². The SMILES string of the molecule is CCN(C(=O)COC(=O)/C=C/c1c(C)nn(C)c1C)c1ccccc1. The third-order valence-electron chi connectivity index (χ3n) is 3.97. The second kappa shape index (κ2) is 8.28. The lowest BCUT2D eigenvalue weighted by Gasteiger charge is -2.20. The van der Waals surface area contributed by atoms with Crippen molar-refractivity contribution >= 4 is 23.6 Å². The zero-order valence-corrected chi connectivity index (χ0v) is 15.0. The van der Waals surface area contributed by atoms with E-state index in [2.05, 4.69) is 5.10 Å². The summed E-state index contributed by atoms with van der Waals surface area (Å²) in [5, 5.41) is 4.28. The van der Waals surface area contributed by atoms with E-state index in [4.69, 9.17) is 4.74 Å². The predicted molar refractivity (Wildman–Crippen MR) is 97.1 cm³/mol. The largest absolute Gasteiger partial charge is 0.452 e. The minimum absolute atomic E-state index is 0.260. The number of anilines is 1. The average molecular weight is 341 g/mol. The Labute approximate surface area is 147 Å². The Bertz CT molecular complexity index is 779. The summed E-state index contributed by atoms with van der Waals surface area (Å²) in [7, 11) is 1.85. The summed E-state index contributed by atoms with van der Waals surface area (Å²) in [6.45, 7) is 5.88. The number of para-hydroxylation sites is 1. The molecule has 1 heterocycles. The van der Waals surface area contributed by atoms with Crippen molar-refractivity contribution in [1.82, 2.24) is 9.78 Å². The molecular weight excluding hydrogens is 318 g/mol. The van der Waals surface area contributed by atoms with Crippen LogP contribution in [0.1, 0.15) is 23.9 Å². The van der Waals surface area contributed by atoms with E-state index < -0.39 is 5.97 Å². The molecule has 1 amide bonds. The van der Waals surface area contributed by atoms with Crippen LogP contribution in [0.25, 0.3) is 6.08 Å². The van der Waals surface area contributed by atoms with E-state index in [1.807, 2.05) is 58.2 Å². The molecule has 0 aliphatic rings. The highest BCUT2D eigenvalue weighted by molar-refractivity contribution is 5.96. The minimum atomic E-state index is -0.555. The van der Waals surface area contributed by atoms with E-state index in [0.29, 0.717) is 6.54 Å². The number of hydrogen-bond acceptors (Lipinski definition) is 4. The highest BCUT2D eigenvalue weighted by Crippen LogP contribution is 2.14. The fourth-order valence-corrected chi connectivity index (χ4v) is 2.55. The summed E-state index contributed by atoms with van der Waals surface area (Å²) < 4.78 is 6.83. The monoisotopic (exact) mass is 341 g/mol. The van der Waals surface area contributed by atoms with E-state index in [-0.39, 0.29) is 12.5 Å². The Morgan fingerprint density at radius 3 is 2.48 bits per heavy atom. The van der Waals surface area contributed by atoms with Gasteiger partial charge >= 0.3 is 5.97 Å². The van der Waals surface area contributed by atoms with Gasteiger partial charge in [0.25, 0.3) is 5.91 Å². The van der Waals surface area contributed by atoms with Crippen LogP contribution in [0.4, 0.5) is 5.69 Å². The maximum absolute atomic E-state index is 12.3. The van der Waals surface area contributed by atoms with Crippen LogP contribution in [-0.2, 0) is 21.4 Å². The average Bonchev–Trinajstić information content (AvgIpc) is 2.85. The number of esters is 1. The highest BCUT2D eigenvalue weighted by Gasteiger charge is 2.15. The van der Waals surface area contributed by atoms with Gasteiger partial charge in [-0.2, -0.15) is 5.10 Å². The van der Waals surface area contributed by atoms with Crippen molar-refractivity contribution in [2.24, 2.45) is 7.05 Å². The molecule has 0 N–H and O–H groups in total. The molecular formula is C19H23N3O3. The van der Waals surface area contributed by atoms with Gasteiger partial charge in [-0.25, -0.2) is 4.79 Å². The van der Waals surface area contributed by atoms with Crippen LogP contribution in [-0.4, -0.2) is 34.8 Å². The molecule has 0 saturated carbocycles. The third-order valence-corrected chi connectivity index (χ3v) is 3.97. The number of carbonyl (C=O) groups excluding carboxylic acids is 2. The topological polar surface area (TPSA) is 64.4 Å². The van der Waals surface area contributed by atoms with Crippen molar-refractivity contribution in [2.75, 3.05) is 18.1 Å². The summed E-state index contributed by atoms with van der Waals surface area (Å²) in [4.78, 5) is 25.7. The van der Waals surface area contributed by atoms with Crippen LogP contribution in [0, 0.1) is 13.8 Å². The van der Waals surface area contributed by atoms with Gasteiger partial charge in [-0.15, -0.1) is 0 Å². The molecule has 0 aliphatic heterocycles. The van der Waals surface area contributed by atoms with Gasteiger partial charge in [-0.1, -0.05) is 18.2 Å². The number of ether oxygens (including phenoxy) is 1. The zero-order chi connectivity index (χ0) is 18.4. The predicted octanol–water partition coefficient (Wildman–Crippen LogP) is 2.65. The Kier molecular flexibility index (Phi) is 6.11. The van der Waals surface area contributed by atoms with E-state index in [1.54, 1.807) is 15.7 Å². The first-order valence-corrected chi connectivity index (χ1v) is 8.14. The standard InChI is InChI=1S/C19H23N3O3/c1-5-22(16-9-7-6-8-10-16)18(23)13-25-19(24)12-11-17-14(2)20-21(4)15(17)3/h6-12H,5,13H2,1-4H3/b12-11+. The van der Waals surface area contributed by atoms with Crippen molar-refractivity contribution in [3.63, 3.8) is 0 Å². The van der Waals surface area contributed by atoms with Crippen LogP contribution >= 0.6 is 0 Å². The van der Waals surface area contributed by atoms with Gasteiger partial charge in [-0.05, 0) is 39.0 Å². The molecule has 2 aromatic rings. The maximum Gasteiger partial charge on any atom is 0.331 e. The first-order chi connectivity index (χ1) is 11.9. The Balaban J connectivity index is 1.95. The van der Waals surface area contributed by atoms with Crippen molar-refractivity contribution < 1.29 is 14.3 Å².